The zero-order valence-corrected chi connectivity index (χ0v) is 19.4. The molecule has 1 aliphatic heterocycles. The second kappa shape index (κ2) is 8.76. The van der Waals surface area contributed by atoms with Crippen molar-refractivity contribution in [1.29, 1.82) is 0 Å². The lowest BCUT2D eigenvalue weighted by molar-refractivity contribution is 0.0688. The molecule has 1 aromatic carbocycles. The number of hydrogen-bond donors (Lipinski definition) is 3. The van der Waals surface area contributed by atoms with Crippen LogP contribution in [0.1, 0.15) is 41.5 Å². The Hall–Kier alpha value is -4.38. The summed E-state index contributed by atoms with van der Waals surface area (Å²) in [6.45, 7) is 3.74. The third kappa shape index (κ3) is 4.06. The van der Waals surface area contributed by atoms with Crippen LogP contribution in [0, 0.1) is 0 Å². The molecule has 178 valence electrons. The van der Waals surface area contributed by atoms with Crippen molar-refractivity contribution in [2.45, 2.75) is 25.4 Å². The van der Waals surface area contributed by atoms with Crippen molar-refractivity contribution in [2.24, 2.45) is 0 Å². The van der Waals surface area contributed by atoms with Crippen molar-refractivity contribution < 1.29 is 14.4 Å². The molecule has 1 amide bonds. The van der Waals surface area contributed by atoms with Gasteiger partial charge in [0.15, 0.2) is 6.33 Å². The summed E-state index contributed by atoms with van der Waals surface area (Å²) in [5.74, 6) is 0.941. The van der Waals surface area contributed by atoms with Gasteiger partial charge >= 0.3 is 0 Å². The maximum Gasteiger partial charge on any atom is 0.261 e. The third-order valence-electron chi connectivity index (χ3n) is 6.19. The number of hydrogen-bond acceptors (Lipinski definition) is 10. The van der Waals surface area contributed by atoms with Gasteiger partial charge in [-0.2, -0.15) is 4.98 Å². The zero-order valence-electron chi connectivity index (χ0n) is 19.4. The molecule has 4 aromatic rings. The van der Waals surface area contributed by atoms with Gasteiger partial charge in [-0.25, -0.2) is 15.0 Å². The number of nitrogens with one attached hydrogen (secondary N) is 2. The molecule has 1 aliphatic rings. The minimum absolute atomic E-state index is 0.110. The van der Waals surface area contributed by atoms with Crippen LogP contribution >= 0.6 is 0 Å². The van der Waals surface area contributed by atoms with Crippen molar-refractivity contribution >= 4 is 23.4 Å². The van der Waals surface area contributed by atoms with E-state index < -0.39 is 5.54 Å². The van der Waals surface area contributed by atoms with E-state index in [-0.39, 0.29) is 24.4 Å². The number of anilines is 3. The molecular formula is C24H24N8O3. The number of aliphatic hydroxyl groups excluding tert-OH is 1. The number of nitrogens with zero attached hydrogens (tertiary/aromatic N) is 6. The summed E-state index contributed by atoms with van der Waals surface area (Å²) in [5, 5.41) is 20.2. The molecule has 0 spiro atoms. The first-order chi connectivity index (χ1) is 16.9. The fraction of sp³-hybridized carbons (Fsp3) is 0.250. The average Bonchev–Trinajstić information content (AvgIpc) is 3.46. The zero-order chi connectivity index (χ0) is 24.6. The molecule has 0 bridgehead atoms. The summed E-state index contributed by atoms with van der Waals surface area (Å²) < 4.78 is 5.25. The van der Waals surface area contributed by atoms with Gasteiger partial charge in [-0.1, -0.05) is 35.5 Å². The molecule has 0 aliphatic carbocycles. The first-order valence-corrected chi connectivity index (χ1v) is 11.0. The number of benzene rings is 1. The smallest absolute Gasteiger partial charge is 0.261 e. The third-order valence-corrected chi connectivity index (χ3v) is 6.19. The molecule has 4 heterocycles. The molecule has 1 atom stereocenters. The Bertz CT molecular complexity index is 1360. The van der Waals surface area contributed by atoms with E-state index in [1.807, 2.05) is 44.2 Å². The van der Waals surface area contributed by atoms with E-state index in [1.165, 1.54) is 12.5 Å². The predicted molar refractivity (Wildman–Crippen MR) is 128 cm³/mol. The van der Waals surface area contributed by atoms with Crippen LogP contribution in [-0.4, -0.2) is 54.7 Å². The van der Waals surface area contributed by atoms with E-state index >= 15 is 0 Å². The Morgan fingerprint density at radius 1 is 1.11 bits per heavy atom. The molecule has 0 radical (unpaired) electrons. The average molecular weight is 473 g/mol. The van der Waals surface area contributed by atoms with Crippen molar-refractivity contribution in [2.75, 3.05) is 24.3 Å². The van der Waals surface area contributed by atoms with Gasteiger partial charge in [-0.3, -0.25) is 4.79 Å². The standard InChI is InChI=1S/C24H24N8O3/c1-24(2)20-16(22(34)32(24)3)11-26-23(31-20)30-19-9-17(15(10-25-19)21-27-13-28-35-21)29-18(12-33)14-7-5-4-6-8-14/h4-11,13,18,33H,12H2,1-3H3,(H2,25,26,29,30,31)/t18-/m1/s1. The highest BCUT2D eigenvalue weighted by atomic mass is 16.5. The Balaban J connectivity index is 1.49. The Kier molecular flexibility index (Phi) is 5.61. The monoisotopic (exact) mass is 472 g/mol. The second-order valence-corrected chi connectivity index (χ2v) is 8.66. The SMILES string of the molecule is CN1C(=O)c2cnc(Nc3cc(N[C@H](CO)c4ccccc4)c(-c4ncno4)cn3)nc2C1(C)C. The molecule has 35 heavy (non-hydrogen) atoms. The van der Waals surface area contributed by atoms with Crippen molar-refractivity contribution in [3.8, 4) is 11.5 Å². The Morgan fingerprint density at radius 3 is 2.60 bits per heavy atom. The summed E-state index contributed by atoms with van der Waals surface area (Å²) >= 11 is 0. The van der Waals surface area contributed by atoms with Crippen LogP contribution in [0.2, 0.25) is 0 Å². The predicted octanol–water partition coefficient (Wildman–Crippen LogP) is 3.13. The quantitative estimate of drug-likeness (QED) is 0.367. The topological polar surface area (TPSA) is 142 Å². The molecular weight excluding hydrogens is 448 g/mol. The van der Waals surface area contributed by atoms with Crippen LogP contribution in [0.25, 0.3) is 11.5 Å². The van der Waals surface area contributed by atoms with Gasteiger partial charge in [0.1, 0.15) is 5.82 Å². The van der Waals surface area contributed by atoms with Crippen LogP contribution in [0.4, 0.5) is 17.5 Å². The molecule has 3 aromatic heterocycles. The van der Waals surface area contributed by atoms with Gasteiger partial charge in [0.25, 0.3) is 11.8 Å². The molecule has 0 saturated heterocycles. The lowest BCUT2D eigenvalue weighted by atomic mass is 10.0. The first kappa shape index (κ1) is 22.4. The summed E-state index contributed by atoms with van der Waals surface area (Å²) in [5.41, 5.74) is 2.68. The lowest BCUT2D eigenvalue weighted by Crippen LogP contribution is -2.35. The van der Waals surface area contributed by atoms with Crippen LogP contribution in [0.15, 0.2) is 59.6 Å². The van der Waals surface area contributed by atoms with Crippen molar-refractivity contribution in [3.63, 3.8) is 0 Å². The normalized spacial score (nSPS) is 15.1. The number of aromatic nitrogens is 5. The second-order valence-electron chi connectivity index (χ2n) is 8.66. The van der Waals surface area contributed by atoms with Gasteiger partial charge < -0.3 is 25.2 Å². The number of rotatable bonds is 7. The summed E-state index contributed by atoms with van der Waals surface area (Å²) in [4.78, 5) is 31.6. The van der Waals surface area contributed by atoms with E-state index in [0.717, 1.165) is 5.56 Å². The highest BCUT2D eigenvalue weighted by Crippen LogP contribution is 2.36. The van der Waals surface area contributed by atoms with Crippen LogP contribution < -0.4 is 10.6 Å². The molecule has 5 rings (SSSR count). The minimum atomic E-state index is -0.558. The van der Waals surface area contributed by atoms with E-state index in [4.69, 9.17) is 4.52 Å². The van der Waals surface area contributed by atoms with Gasteiger partial charge in [0, 0.05) is 25.5 Å². The highest BCUT2D eigenvalue weighted by Gasteiger charge is 2.42. The van der Waals surface area contributed by atoms with Crippen molar-refractivity contribution in [1.82, 2.24) is 30.0 Å². The van der Waals surface area contributed by atoms with E-state index in [0.29, 0.717) is 34.3 Å². The largest absolute Gasteiger partial charge is 0.394 e. The van der Waals surface area contributed by atoms with Gasteiger partial charge in [-0.05, 0) is 19.4 Å². The van der Waals surface area contributed by atoms with E-state index in [9.17, 15) is 9.90 Å². The fourth-order valence-corrected chi connectivity index (χ4v) is 3.99. The minimum Gasteiger partial charge on any atom is -0.394 e. The number of amides is 1. The molecule has 0 unspecified atom stereocenters. The van der Waals surface area contributed by atoms with Crippen molar-refractivity contribution in [3.05, 3.63) is 71.9 Å². The van der Waals surface area contributed by atoms with E-state index in [1.54, 1.807) is 24.2 Å². The maximum atomic E-state index is 12.5. The Morgan fingerprint density at radius 2 is 1.89 bits per heavy atom. The van der Waals surface area contributed by atoms with Crippen LogP contribution in [-0.2, 0) is 5.54 Å². The fourth-order valence-electron chi connectivity index (χ4n) is 3.99. The summed E-state index contributed by atoms with van der Waals surface area (Å²) in [6, 6.07) is 11.0. The molecule has 11 nitrogen and oxygen atoms in total. The first-order valence-electron chi connectivity index (χ1n) is 11.0. The highest BCUT2D eigenvalue weighted by molar-refractivity contribution is 5.99. The molecule has 0 fully saturated rings. The number of pyridine rings is 1. The number of fused-ring (bicyclic) bond motifs is 1. The van der Waals surface area contributed by atoms with E-state index in [2.05, 4.69) is 35.7 Å². The maximum absolute atomic E-state index is 12.5. The lowest BCUT2D eigenvalue weighted by Gasteiger charge is -2.27. The Labute approximate surface area is 201 Å². The van der Waals surface area contributed by atoms with Crippen LogP contribution in [0.5, 0.6) is 0 Å². The van der Waals surface area contributed by atoms with Crippen LogP contribution in [0.3, 0.4) is 0 Å². The molecule has 0 saturated carbocycles. The van der Waals surface area contributed by atoms with Gasteiger partial charge in [0.05, 0.1) is 40.7 Å². The molecule has 11 heteroatoms. The number of aliphatic hydroxyl groups is 1. The number of carbonyl (C=O) groups excluding carboxylic acids is 1. The number of carbonyl (C=O) groups is 1. The molecule has 3 N–H and O–H groups in total. The summed E-state index contributed by atoms with van der Waals surface area (Å²) in [7, 11) is 1.75. The van der Waals surface area contributed by atoms with Gasteiger partial charge in [-0.15, -0.1) is 0 Å². The van der Waals surface area contributed by atoms with Gasteiger partial charge in [0.2, 0.25) is 5.95 Å². The summed E-state index contributed by atoms with van der Waals surface area (Å²) in [6.07, 6.45) is 4.43.